The molecule has 6 nitrogen and oxygen atoms in total. The molecule has 0 aliphatic carbocycles. The van der Waals surface area contributed by atoms with Crippen molar-refractivity contribution in [3.8, 4) is 0 Å². The Morgan fingerprint density at radius 2 is 1.88 bits per heavy atom. The summed E-state index contributed by atoms with van der Waals surface area (Å²) in [5.41, 5.74) is 4.66. The molecule has 162 valence electrons. The van der Waals surface area contributed by atoms with Gasteiger partial charge in [0.15, 0.2) is 5.58 Å². The van der Waals surface area contributed by atoms with Gasteiger partial charge in [0.25, 0.3) is 5.91 Å². The van der Waals surface area contributed by atoms with Crippen LogP contribution in [-0.2, 0) is 13.0 Å². The van der Waals surface area contributed by atoms with Gasteiger partial charge in [-0.2, -0.15) is 0 Å². The van der Waals surface area contributed by atoms with E-state index in [0.29, 0.717) is 33.6 Å². The van der Waals surface area contributed by atoms with E-state index < -0.39 is 0 Å². The van der Waals surface area contributed by atoms with E-state index in [9.17, 15) is 9.90 Å². The maximum Gasteiger partial charge on any atom is 0.261 e. The molecule has 0 aliphatic heterocycles. The van der Waals surface area contributed by atoms with Crippen LogP contribution in [0, 0.1) is 6.92 Å². The Bertz CT molecular complexity index is 1340. The van der Waals surface area contributed by atoms with E-state index in [1.165, 1.54) is 5.56 Å². The minimum atomic E-state index is -0.361. The summed E-state index contributed by atoms with van der Waals surface area (Å²) in [6, 6.07) is 16.8. The molecule has 2 N–H and O–H groups in total. The fourth-order valence-corrected chi connectivity index (χ4v) is 3.58. The molecule has 0 unspecified atom stereocenters. The maximum atomic E-state index is 13.2. The fourth-order valence-electron chi connectivity index (χ4n) is 3.32. The first-order valence-corrected chi connectivity index (χ1v) is 11.0. The van der Waals surface area contributed by atoms with E-state index in [0.717, 1.165) is 10.9 Å². The van der Waals surface area contributed by atoms with Crippen molar-refractivity contribution in [2.45, 2.75) is 26.9 Å². The zero-order valence-corrected chi connectivity index (χ0v) is 19.3. The van der Waals surface area contributed by atoms with E-state index >= 15 is 0 Å². The predicted octanol–water partition coefficient (Wildman–Crippen LogP) is 5.44. The smallest absolute Gasteiger partial charge is 0.261 e. The molecule has 4 aromatic rings. The number of carbonyl (C=O) groups is 1. The van der Waals surface area contributed by atoms with Crippen molar-refractivity contribution in [2.75, 3.05) is 5.32 Å². The monoisotopic (exact) mass is 491 g/mol. The lowest BCUT2D eigenvalue weighted by molar-refractivity contribution is 0.102. The average molecular weight is 492 g/mol. The molecule has 0 radical (unpaired) electrons. The number of amides is 1. The lowest BCUT2D eigenvalue weighted by Gasteiger charge is -2.10. The number of carbonyl (C=O) groups excluding carboxylic acids is 1. The Balaban J connectivity index is 1.89. The Hall–Kier alpha value is -3.29. The van der Waals surface area contributed by atoms with Gasteiger partial charge in [0.1, 0.15) is 5.56 Å². The van der Waals surface area contributed by atoms with Gasteiger partial charge < -0.3 is 14.8 Å². The van der Waals surface area contributed by atoms with Gasteiger partial charge in [0.2, 0.25) is 5.55 Å². The number of nitrogens with one attached hydrogen (secondary N) is 1. The Morgan fingerprint density at radius 3 is 2.53 bits per heavy atom. The van der Waals surface area contributed by atoms with Crippen LogP contribution in [0.15, 0.2) is 74.7 Å². The van der Waals surface area contributed by atoms with Crippen LogP contribution in [0.2, 0.25) is 0 Å². The van der Waals surface area contributed by atoms with Gasteiger partial charge in [-0.3, -0.25) is 9.78 Å². The van der Waals surface area contributed by atoms with E-state index in [4.69, 9.17) is 4.42 Å². The first-order valence-electron chi connectivity index (χ1n) is 10.2. The van der Waals surface area contributed by atoms with Gasteiger partial charge in [-0.15, -0.1) is 0 Å². The number of pyridine rings is 1. The van der Waals surface area contributed by atoms with E-state index in [1.807, 2.05) is 43.3 Å². The summed E-state index contributed by atoms with van der Waals surface area (Å²) in [7, 11) is 0. The van der Waals surface area contributed by atoms with Crippen molar-refractivity contribution in [3.63, 3.8) is 0 Å². The summed E-state index contributed by atoms with van der Waals surface area (Å²) in [5, 5.41) is 13.3. The highest BCUT2D eigenvalue weighted by Crippen LogP contribution is 2.22. The summed E-state index contributed by atoms with van der Waals surface area (Å²) in [4.78, 5) is 22.1. The number of anilines is 1. The summed E-state index contributed by atoms with van der Waals surface area (Å²) in [5.74, 6) is -0.361. The SMILES string of the molecule is CCc1ccc(N=c2oc3c(C)ncc(CO)c3cc2C(=O)Nc2ccc(Br)cc2)cc1. The molecule has 0 spiro atoms. The van der Waals surface area contributed by atoms with E-state index in [1.54, 1.807) is 24.4 Å². The summed E-state index contributed by atoms with van der Waals surface area (Å²) in [6.45, 7) is 3.68. The second kappa shape index (κ2) is 9.46. The van der Waals surface area contributed by atoms with Crippen molar-refractivity contribution in [3.05, 3.63) is 93.2 Å². The molecule has 1 amide bonds. The third-order valence-corrected chi connectivity index (χ3v) is 5.67. The minimum absolute atomic E-state index is 0.177. The highest BCUT2D eigenvalue weighted by Gasteiger charge is 2.16. The van der Waals surface area contributed by atoms with Crippen LogP contribution in [0.1, 0.15) is 34.1 Å². The molecule has 0 fully saturated rings. The molecule has 0 atom stereocenters. The first kappa shape index (κ1) is 21.9. The highest BCUT2D eigenvalue weighted by atomic mass is 79.9. The van der Waals surface area contributed by atoms with Crippen LogP contribution in [-0.4, -0.2) is 16.0 Å². The van der Waals surface area contributed by atoms with E-state index in [2.05, 4.69) is 38.1 Å². The summed E-state index contributed by atoms with van der Waals surface area (Å²) in [6.07, 6.45) is 2.51. The third-order valence-electron chi connectivity index (χ3n) is 5.14. The zero-order chi connectivity index (χ0) is 22.7. The summed E-state index contributed by atoms with van der Waals surface area (Å²) < 4.78 is 7.01. The lowest BCUT2D eigenvalue weighted by Crippen LogP contribution is -2.22. The molecule has 0 saturated carbocycles. The van der Waals surface area contributed by atoms with Crippen molar-refractivity contribution in [1.29, 1.82) is 0 Å². The van der Waals surface area contributed by atoms with Crippen molar-refractivity contribution >= 4 is 44.2 Å². The molecule has 32 heavy (non-hydrogen) atoms. The topological polar surface area (TPSA) is 87.7 Å². The Morgan fingerprint density at radius 1 is 1.16 bits per heavy atom. The number of halogens is 1. The van der Waals surface area contributed by atoms with Gasteiger partial charge in [-0.1, -0.05) is 35.0 Å². The molecule has 7 heteroatoms. The van der Waals surface area contributed by atoms with Crippen LogP contribution < -0.4 is 10.9 Å². The minimum Gasteiger partial charge on any atom is -0.436 e. The van der Waals surface area contributed by atoms with Gasteiger partial charge in [-0.25, -0.2) is 4.99 Å². The Labute approximate surface area is 193 Å². The fraction of sp³-hybridized carbons (Fsp3) is 0.160. The number of aromatic nitrogens is 1. The van der Waals surface area contributed by atoms with Crippen LogP contribution in [0.3, 0.4) is 0 Å². The van der Waals surface area contributed by atoms with E-state index in [-0.39, 0.29) is 23.6 Å². The van der Waals surface area contributed by atoms with Crippen LogP contribution >= 0.6 is 15.9 Å². The number of benzene rings is 2. The Kier molecular flexibility index (Phi) is 6.48. The zero-order valence-electron chi connectivity index (χ0n) is 17.7. The highest BCUT2D eigenvalue weighted by molar-refractivity contribution is 9.10. The van der Waals surface area contributed by atoms with Gasteiger partial charge >= 0.3 is 0 Å². The maximum absolute atomic E-state index is 13.2. The molecule has 4 rings (SSSR count). The predicted molar refractivity (Wildman–Crippen MR) is 128 cm³/mol. The average Bonchev–Trinajstić information content (AvgIpc) is 2.81. The quantitative estimate of drug-likeness (QED) is 0.389. The number of aliphatic hydroxyl groups is 1. The van der Waals surface area contributed by atoms with Crippen molar-refractivity contribution in [1.82, 2.24) is 4.98 Å². The standard InChI is InChI=1S/C25H22BrN3O3/c1-3-16-4-8-20(9-5-16)29-25-22(24(31)28-19-10-6-18(26)7-11-19)12-21-17(14-30)13-27-15(2)23(21)32-25/h4-13,30H,3,14H2,1-2H3,(H,28,31). The van der Waals surface area contributed by atoms with Crippen LogP contribution in [0.5, 0.6) is 0 Å². The second-order valence-electron chi connectivity index (χ2n) is 7.33. The molecule has 2 heterocycles. The molecule has 2 aromatic carbocycles. The number of aliphatic hydroxyl groups excluding tert-OH is 1. The van der Waals surface area contributed by atoms with Crippen LogP contribution in [0.25, 0.3) is 11.0 Å². The number of hydrogen-bond donors (Lipinski definition) is 2. The van der Waals surface area contributed by atoms with Gasteiger partial charge in [0, 0.05) is 27.3 Å². The first-order chi connectivity index (χ1) is 15.5. The lowest BCUT2D eigenvalue weighted by atomic mass is 10.1. The van der Waals surface area contributed by atoms with Crippen molar-refractivity contribution < 1.29 is 14.3 Å². The normalized spacial score (nSPS) is 11.7. The molecule has 0 aliphatic rings. The second-order valence-corrected chi connectivity index (χ2v) is 8.24. The third kappa shape index (κ3) is 4.64. The number of nitrogens with zero attached hydrogens (tertiary/aromatic N) is 2. The number of aryl methyl sites for hydroxylation is 2. The number of fused-ring (bicyclic) bond motifs is 1. The summed E-state index contributed by atoms with van der Waals surface area (Å²) >= 11 is 3.39. The number of hydrogen-bond acceptors (Lipinski definition) is 5. The molecule has 0 bridgehead atoms. The van der Waals surface area contributed by atoms with Gasteiger partial charge in [-0.05, 0) is 61.4 Å². The molecule has 0 saturated heterocycles. The largest absolute Gasteiger partial charge is 0.436 e. The number of rotatable bonds is 5. The van der Waals surface area contributed by atoms with Crippen molar-refractivity contribution in [2.24, 2.45) is 4.99 Å². The van der Waals surface area contributed by atoms with Crippen LogP contribution in [0.4, 0.5) is 11.4 Å². The molecular weight excluding hydrogens is 470 g/mol. The molecule has 2 aromatic heterocycles. The van der Waals surface area contributed by atoms with Gasteiger partial charge in [0.05, 0.1) is 18.0 Å². The molecular formula is C25H22BrN3O3.